The third-order valence-corrected chi connectivity index (χ3v) is 1.44. The van der Waals surface area contributed by atoms with Crippen molar-refractivity contribution < 1.29 is 0 Å². The lowest BCUT2D eigenvalue weighted by molar-refractivity contribution is 0.795. The number of nitrogens with zero attached hydrogens (tertiary/aromatic N) is 1. The Hall–Kier alpha value is -0.600. The lowest BCUT2D eigenvalue weighted by Crippen LogP contribution is -2.05. The van der Waals surface area contributed by atoms with Gasteiger partial charge in [0.15, 0.2) is 0 Å². The van der Waals surface area contributed by atoms with Crippen LogP contribution in [-0.2, 0) is 0 Å². The monoisotopic (exact) mass is 125 g/mol. The Kier molecular flexibility index (Phi) is 3.15. The minimum absolute atomic E-state index is 0.150. The van der Waals surface area contributed by atoms with Gasteiger partial charge in [-0.1, -0.05) is 5.92 Å². The van der Waals surface area contributed by atoms with Crippen LogP contribution in [0.3, 0.4) is 0 Å². The van der Waals surface area contributed by atoms with Gasteiger partial charge >= 0.3 is 0 Å². The molecule has 0 fully saturated rings. The van der Waals surface area contributed by atoms with E-state index in [9.17, 15) is 0 Å². The molecule has 0 aliphatic carbocycles. The van der Waals surface area contributed by atoms with Crippen molar-refractivity contribution in [3.8, 4) is 18.4 Å². The summed E-state index contributed by atoms with van der Waals surface area (Å²) < 4.78 is 0. The first-order chi connectivity index (χ1) is 3.72. The van der Waals surface area contributed by atoms with Gasteiger partial charge in [-0.3, -0.25) is 0 Å². The minimum atomic E-state index is -0.222. The zero-order valence-corrected chi connectivity index (χ0v) is 5.52. The van der Waals surface area contributed by atoms with Crippen LogP contribution in [0.4, 0.5) is 0 Å². The SMILES string of the molecule is C#CC(S)C(C)C#N. The summed E-state index contributed by atoms with van der Waals surface area (Å²) in [6, 6.07) is 2.00. The number of terminal acetylenes is 1. The van der Waals surface area contributed by atoms with Crippen molar-refractivity contribution in [1.29, 1.82) is 5.26 Å². The third-order valence-electron chi connectivity index (χ3n) is 0.848. The van der Waals surface area contributed by atoms with E-state index < -0.39 is 0 Å². The number of rotatable bonds is 1. The summed E-state index contributed by atoms with van der Waals surface area (Å²) in [5.74, 6) is 2.21. The molecular weight excluding hydrogens is 118 g/mol. The first-order valence-electron chi connectivity index (χ1n) is 2.26. The van der Waals surface area contributed by atoms with Gasteiger partial charge in [0, 0.05) is 0 Å². The predicted molar refractivity (Wildman–Crippen MR) is 36.4 cm³/mol. The zero-order chi connectivity index (χ0) is 6.57. The third kappa shape index (κ3) is 1.91. The van der Waals surface area contributed by atoms with E-state index in [-0.39, 0.29) is 11.2 Å². The number of hydrogen-bond donors (Lipinski definition) is 1. The molecule has 0 aliphatic heterocycles. The molecule has 0 heterocycles. The Bertz CT molecular complexity index is 122. The lowest BCUT2D eigenvalue weighted by atomic mass is 10.1. The van der Waals surface area contributed by atoms with E-state index in [4.69, 9.17) is 11.7 Å². The van der Waals surface area contributed by atoms with E-state index in [2.05, 4.69) is 18.5 Å². The summed E-state index contributed by atoms with van der Waals surface area (Å²) in [7, 11) is 0. The predicted octanol–water partition coefficient (Wildman–Crippen LogP) is 1.08. The molecule has 0 aromatic carbocycles. The molecule has 0 saturated carbocycles. The van der Waals surface area contributed by atoms with Crippen molar-refractivity contribution >= 4 is 12.6 Å². The van der Waals surface area contributed by atoms with Crippen LogP contribution in [-0.4, -0.2) is 5.25 Å². The summed E-state index contributed by atoms with van der Waals surface area (Å²) in [6.45, 7) is 1.75. The van der Waals surface area contributed by atoms with Crippen LogP contribution in [0.2, 0.25) is 0 Å². The Labute approximate surface area is 55.1 Å². The van der Waals surface area contributed by atoms with Crippen LogP contribution in [0.15, 0.2) is 0 Å². The van der Waals surface area contributed by atoms with Crippen LogP contribution in [0, 0.1) is 29.6 Å². The highest BCUT2D eigenvalue weighted by Crippen LogP contribution is 2.05. The molecule has 0 N–H and O–H groups in total. The maximum absolute atomic E-state index is 8.24. The normalized spacial score (nSPS) is 15.5. The fourth-order valence-corrected chi connectivity index (χ4v) is 0.282. The summed E-state index contributed by atoms with van der Waals surface area (Å²) in [6.07, 6.45) is 4.97. The Morgan fingerprint density at radius 3 is 2.38 bits per heavy atom. The largest absolute Gasteiger partial charge is 0.198 e. The highest BCUT2D eigenvalue weighted by Gasteiger charge is 2.06. The van der Waals surface area contributed by atoms with Crippen LogP contribution in [0.1, 0.15) is 6.92 Å². The highest BCUT2D eigenvalue weighted by atomic mass is 32.1. The van der Waals surface area contributed by atoms with Crippen LogP contribution >= 0.6 is 12.6 Å². The second-order valence-electron chi connectivity index (χ2n) is 1.53. The van der Waals surface area contributed by atoms with Crippen molar-refractivity contribution in [2.24, 2.45) is 5.92 Å². The van der Waals surface area contributed by atoms with Crippen molar-refractivity contribution in [1.82, 2.24) is 0 Å². The molecule has 0 aliphatic rings. The average Bonchev–Trinajstić information content (AvgIpc) is 1.84. The lowest BCUT2D eigenvalue weighted by Gasteiger charge is -2.01. The number of hydrogen-bond acceptors (Lipinski definition) is 2. The van der Waals surface area contributed by atoms with E-state index >= 15 is 0 Å². The Morgan fingerprint density at radius 2 is 2.25 bits per heavy atom. The van der Waals surface area contributed by atoms with E-state index in [1.54, 1.807) is 6.92 Å². The zero-order valence-electron chi connectivity index (χ0n) is 4.63. The summed E-state index contributed by atoms with van der Waals surface area (Å²) in [4.78, 5) is 0. The topological polar surface area (TPSA) is 23.8 Å². The summed E-state index contributed by atoms with van der Waals surface area (Å²) in [5, 5.41) is 8.02. The molecule has 2 heteroatoms. The van der Waals surface area contributed by atoms with E-state index in [1.807, 2.05) is 6.07 Å². The van der Waals surface area contributed by atoms with Crippen LogP contribution in [0.5, 0.6) is 0 Å². The molecule has 0 bridgehead atoms. The standard InChI is InChI=1S/C6H7NS/c1-3-6(8)5(2)4-7/h1,5-6,8H,2H3. The molecule has 0 saturated heterocycles. The van der Waals surface area contributed by atoms with Gasteiger partial charge in [0.1, 0.15) is 0 Å². The molecule has 1 nitrogen and oxygen atoms in total. The van der Waals surface area contributed by atoms with Gasteiger partial charge < -0.3 is 0 Å². The van der Waals surface area contributed by atoms with Crippen molar-refractivity contribution in [2.75, 3.05) is 0 Å². The first-order valence-corrected chi connectivity index (χ1v) is 2.77. The second kappa shape index (κ2) is 3.41. The maximum Gasteiger partial charge on any atom is 0.0779 e. The summed E-state index contributed by atoms with van der Waals surface area (Å²) in [5.41, 5.74) is 0. The van der Waals surface area contributed by atoms with Crippen LogP contribution < -0.4 is 0 Å². The average molecular weight is 125 g/mol. The fraction of sp³-hybridized carbons (Fsp3) is 0.500. The van der Waals surface area contributed by atoms with Crippen molar-refractivity contribution in [3.63, 3.8) is 0 Å². The fourth-order valence-electron chi connectivity index (χ4n) is 0.215. The van der Waals surface area contributed by atoms with E-state index in [0.29, 0.717) is 0 Å². The van der Waals surface area contributed by atoms with Gasteiger partial charge in [0.05, 0.1) is 17.2 Å². The molecule has 2 unspecified atom stereocenters. The molecule has 2 atom stereocenters. The van der Waals surface area contributed by atoms with E-state index in [1.165, 1.54) is 0 Å². The van der Waals surface area contributed by atoms with Crippen molar-refractivity contribution in [2.45, 2.75) is 12.2 Å². The number of thiol groups is 1. The first kappa shape index (κ1) is 7.40. The van der Waals surface area contributed by atoms with Crippen LogP contribution in [0.25, 0.3) is 0 Å². The molecule has 0 amide bonds. The molecule has 42 valence electrons. The van der Waals surface area contributed by atoms with Gasteiger partial charge in [0.2, 0.25) is 0 Å². The smallest absolute Gasteiger partial charge is 0.0779 e. The molecule has 0 aromatic heterocycles. The molecule has 0 spiro atoms. The van der Waals surface area contributed by atoms with E-state index in [0.717, 1.165) is 0 Å². The van der Waals surface area contributed by atoms with Crippen molar-refractivity contribution in [3.05, 3.63) is 0 Å². The molecule has 0 aromatic rings. The molecule has 0 rings (SSSR count). The molecular formula is C6H7NS. The second-order valence-corrected chi connectivity index (χ2v) is 2.09. The summed E-state index contributed by atoms with van der Waals surface area (Å²) >= 11 is 3.95. The minimum Gasteiger partial charge on any atom is -0.198 e. The maximum atomic E-state index is 8.24. The number of nitriles is 1. The molecule has 8 heavy (non-hydrogen) atoms. The molecule has 0 radical (unpaired) electrons. The van der Waals surface area contributed by atoms with Gasteiger partial charge in [-0.25, -0.2) is 0 Å². The quantitative estimate of drug-likeness (QED) is 0.411. The van der Waals surface area contributed by atoms with Gasteiger partial charge in [-0.2, -0.15) is 17.9 Å². The van der Waals surface area contributed by atoms with Gasteiger partial charge in [-0.15, -0.1) is 6.42 Å². The Morgan fingerprint density at radius 1 is 1.75 bits per heavy atom. The Balaban J connectivity index is 3.72. The highest BCUT2D eigenvalue weighted by molar-refractivity contribution is 7.81. The van der Waals surface area contributed by atoms with Gasteiger partial charge in [-0.05, 0) is 6.92 Å². The van der Waals surface area contributed by atoms with Gasteiger partial charge in [0.25, 0.3) is 0 Å².